The maximum Gasteiger partial charge on any atom is 0.241 e. The molecular weight excluding hydrogens is 458 g/mol. The van der Waals surface area contributed by atoms with Gasteiger partial charge >= 0.3 is 0 Å². The summed E-state index contributed by atoms with van der Waals surface area (Å²) in [5.74, 6) is 0.278. The molecular formula is C28H33N3O5. The van der Waals surface area contributed by atoms with Gasteiger partial charge in [-0.1, -0.05) is 25.0 Å². The number of phenolic OH excluding ortho intramolecular Hbond substituents is 1. The number of methoxy groups -OCH3 is 1. The molecule has 36 heavy (non-hydrogen) atoms. The normalized spacial score (nSPS) is 23.0. The summed E-state index contributed by atoms with van der Waals surface area (Å²) in [6, 6.07) is 14.2. The van der Waals surface area contributed by atoms with Crippen LogP contribution in [0.25, 0.3) is 0 Å². The molecule has 2 aromatic rings. The first kappa shape index (κ1) is 24.2. The van der Waals surface area contributed by atoms with Crippen molar-refractivity contribution in [3.05, 3.63) is 54.1 Å². The number of benzene rings is 2. The van der Waals surface area contributed by atoms with Gasteiger partial charge in [0.15, 0.2) is 0 Å². The zero-order chi connectivity index (χ0) is 25.3. The lowest BCUT2D eigenvalue weighted by Gasteiger charge is -2.38. The molecule has 0 radical (unpaired) electrons. The van der Waals surface area contributed by atoms with Crippen molar-refractivity contribution in [2.45, 2.75) is 50.0 Å². The molecule has 1 N–H and O–H groups in total. The molecule has 2 heterocycles. The lowest BCUT2D eigenvalue weighted by molar-refractivity contribution is -0.144. The Kier molecular flexibility index (Phi) is 6.60. The van der Waals surface area contributed by atoms with Gasteiger partial charge in [-0.15, -0.1) is 0 Å². The summed E-state index contributed by atoms with van der Waals surface area (Å²) < 4.78 is 5.40. The van der Waals surface area contributed by atoms with Crippen LogP contribution in [0.1, 0.15) is 44.1 Å². The quantitative estimate of drug-likeness (QED) is 0.625. The molecule has 1 saturated carbocycles. The van der Waals surface area contributed by atoms with E-state index in [-0.39, 0.29) is 42.4 Å². The van der Waals surface area contributed by atoms with Crippen molar-refractivity contribution in [2.75, 3.05) is 38.2 Å². The largest absolute Gasteiger partial charge is 0.508 e. The summed E-state index contributed by atoms with van der Waals surface area (Å²) in [6.07, 6.45) is 3.66. The van der Waals surface area contributed by atoms with Crippen LogP contribution < -0.4 is 9.64 Å². The fraction of sp³-hybridized carbons (Fsp3) is 0.464. The van der Waals surface area contributed by atoms with Gasteiger partial charge in [0.05, 0.1) is 12.5 Å². The molecule has 0 spiro atoms. The topological polar surface area (TPSA) is 90.4 Å². The molecule has 1 aliphatic carbocycles. The van der Waals surface area contributed by atoms with Crippen molar-refractivity contribution in [2.24, 2.45) is 0 Å². The Bertz CT molecular complexity index is 1140. The van der Waals surface area contributed by atoms with E-state index in [1.54, 1.807) is 36.3 Å². The molecule has 2 aliphatic heterocycles. The number of aromatic hydroxyl groups is 1. The van der Waals surface area contributed by atoms with Crippen LogP contribution in [0.15, 0.2) is 48.5 Å². The van der Waals surface area contributed by atoms with E-state index in [0.29, 0.717) is 37.5 Å². The first-order valence-electron chi connectivity index (χ1n) is 12.7. The summed E-state index contributed by atoms with van der Waals surface area (Å²) in [6.45, 7) is 2.37. The molecule has 190 valence electrons. The number of nitrogens with zero attached hydrogens (tertiary/aromatic N) is 3. The maximum absolute atomic E-state index is 14.0. The van der Waals surface area contributed by atoms with Crippen LogP contribution in [-0.2, 0) is 19.8 Å². The number of likely N-dealkylation sites (tertiary alicyclic amines) is 1. The van der Waals surface area contributed by atoms with Crippen LogP contribution in [0.4, 0.5) is 5.69 Å². The number of imide groups is 1. The Labute approximate surface area is 211 Å². The van der Waals surface area contributed by atoms with Gasteiger partial charge in [-0.25, -0.2) is 0 Å². The molecule has 0 aromatic heterocycles. The predicted octanol–water partition coefficient (Wildman–Crippen LogP) is 3.08. The van der Waals surface area contributed by atoms with Crippen LogP contribution in [0.5, 0.6) is 11.5 Å². The zero-order valence-electron chi connectivity index (χ0n) is 20.7. The maximum atomic E-state index is 14.0. The smallest absolute Gasteiger partial charge is 0.241 e. The fourth-order valence-electron chi connectivity index (χ4n) is 5.93. The van der Waals surface area contributed by atoms with Crippen LogP contribution >= 0.6 is 0 Å². The average molecular weight is 492 g/mol. The second-order valence-corrected chi connectivity index (χ2v) is 10.1. The average Bonchev–Trinajstić information content (AvgIpc) is 3.51. The number of anilines is 1. The number of carbonyl (C=O) groups is 3. The van der Waals surface area contributed by atoms with E-state index < -0.39 is 5.41 Å². The van der Waals surface area contributed by atoms with Crippen LogP contribution in [0, 0.1) is 0 Å². The number of ether oxygens (including phenoxy) is 1. The number of carbonyl (C=O) groups excluding carboxylic acids is 3. The summed E-state index contributed by atoms with van der Waals surface area (Å²) in [5, 5.41) is 9.55. The summed E-state index contributed by atoms with van der Waals surface area (Å²) >= 11 is 0. The molecule has 3 aliphatic rings. The number of piperazine rings is 1. The van der Waals surface area contributed by atoms with Crippen LogP contribution in [0.2, 0.25) is 0 Å². The summed E-state index contributed by atoms with van der Waals surface area (Å²) in [7, 11) is 1.57. The molecule has 8 heteroatoms. The second kappa shape index (κ2) is 9.84. The molecule has 1 unspecified atom stereocenters. The lowest BCUT2D eigenvalue weighted by atomic mass is 9.75. The van der Waals surface area contributed by atoms with E-state index in [2.05, 4.69) is 4.90 Å². The minimum absolute atomic E-state index is 0.00865. The molecule has 0 bridgehead atoms. The van der Waals surface area contributed by atoms with Gasteiger partial charge in [-0.2, -0.15) is 0 Å². The third-order valence-electron chi connectivity index (χ3n) is 7.96. The molecule has 3 fully saturated rings. The highest BCUT2D eigenvalue weighted by Crippen LogP contribution is 2.44. The second-order valence-electron chi connectivity index (χ2n) is 10.1. The molecule has 3 amide bonds. The Morgan fingerprint density at radius 3 is 2.39 bits per heavy atom. The van der Waals surface area contributed by atoms with Crippen LogP contribution in [0.3, 0.4) is 0 Å². The third-order valence-corrected chi connectivity index (χ3v) is 7.96. The van der Waals surface area contributed by atoms with Gasteiger partial charge in [-0.05, 0) is 54.8 Å². The Morgan fingerprint density at radius 2 is 1.72 bits per heavy atom. The SMILES string of the molecule is COc1cccc(C2(CC(=O)N3CCN(c4ccc(O)cc4)CC3)CC(=O)N(C3CCCC3)C2=O)c1. The fourth-order valence-corrected chi connectivity index (χ4v) is 5.93. The number of amides is 3. The highest BCUT2D eigenvalue weighted by atomic mass is 16.5. The van der Waals surface area contributed by atoms with E-state index in [4.69, 9.17) is 4.74 Å². The summed E-state index contributed by atoms with van der Waals surface area (Å²) in [5.41, 5.74) is 0.452. The van der Waals surface area contributed by atoms with Gasteiger partial charge in [0, 0.05) is 50.7 Å². The summed E-state index contributed by atoms with van der Waals surface area (Å²) in [4.78, 5) is 46.2. The monoisotopic (exact) mass is 491 g/mol. The van der Waals surface area contributed by atoms with Crippen molar-refractivity contribution in [1.29, 1.82) is 0 Å². The van der Waals surface area contributed by atoms with E-state index in [9.17, 15) is 19.5 Å². The Morgan fingerprint density at radius 1 is 1.03 bits per heavy atom. The van der Waals surface area contributed by atoms with Crippen molar-refractivity contribution in [3.63, 3.8) is 0 Å². The molecule has 5 rings (SSSR count). The lowest BCUT2D eigenvalue weighted by Crippen LogP contribution is -2.51. The molecule has 2 saturated heterocycles. The first-order valence-corrected chi connectivity index (χ1v) is 12.7. The van der Waals surface area contributed by atoms with E-state index in [1.807, 2.05) is 24.3 Å². The first-order chi connectivity index (χ1) is 17.4. The van der Waals surface area contributed by atoms with Gasteiger partial charge in [0.2, 0.25) is 17.7 Å². The van der Waals surface area contributed by atoms with Crippen LogP contribution in [-0.4, -0.2) is 72.0 Å². The van der Waals surface area contributed by atoms with Gasteiger partial charge in [0.1, 0.15) is 11.5 Å². The highest BCUT2D eigenvalue weighted by Gasteiger charge is 2.56. The standard InChI is InChI=1S/C28H33N3O5/c1-36-24-8-4-5-20(17-24)28(19-26(34)31(27(28)35)22-6-2-3-7-22)18-25(33)30-15-13-29(14-16-30)21-9-11-23(32)12-10-21/h4-5,8-12,17,22,32H,2-3,6-7,13-16,18-19H2,1H3. The predicted molar refractivity (Wildman–Crippen MR) is 135 cm³/mol. The number of rotatable bonds is 6. The van der Waals surface area contributed by atoms with Crippen molar-refractivity contribution >= 4 is 23.4 Å². The minimum atomic E-state index is -1.21. The number of hydrogen-bond donors (Lipinski definition) is 1. The van der Waals surface area contributed by atoms with Crippen molar-refractivity contribution in [1.82, 2.24) is 9.80 Å². The van der Waals surface area contributed by atoms with E-state index in [0.717, 1.165) is 31.4 Å². The molecule has 8 nitrogen and oxygen atoms in total. The highest BCUT2D eigenvalue weighted by molar-refractivity contribution is 6.11. The van der Waals surface area contributed by atoms with Crippen molar-refractivity contribution < 1.29 is 24.2 Å². The van der Waals surface area contributed by atoms with E-state index in [1.165, 1.54) is 4.90 Å². The Balaban J connectivity index is 1.37. The zero-order valence-corrected chi connectivity index (χ0v) is 20.7. The van der Waals surface area contributed by atoms with Gasteiger partial charge < -0.3 is 19.6 Å². The molecule has 1 atom stereocenters. The number of hydrogen-bond acceptors (Lipinski definition) is 6. The van der Waals surface area contributed by atoms with Crippen molar-refractivity contribution in [3.8, 4) is 11.5 Å². The Hall–Kier alpha value is -3.55. The molecule has 2 aromatic carbocycles. The number of phenols is 1. The van der Waals surface area contributed by atoms with Gasteiger partial charge in [-0.3, -0.25) is 19.3 Å². The van der Waals surface area contributed by atoms with E-state index >= 15 is 0 Å². The van der Waals surface area contributed by atoms with Gasteiger partial charge in [0.25, 0.3) is 0 Å². The third kappa shape index (κ3) is 4.40. The minimum Gasteiger partial charge on any atom is -0.508 e.